The fourth-order valence-corrected chi connectivity index (χ4v) is 4.86. The summed E-state index contributed by atoms with van der Waals surface area (Å²) in [5.74, 6) is -1.14. The van der Waals surface area contributed by atoms with E-state index in [2.05, 4.69) is 0 Å². The van der Waals surface area contributed by atoms with Crippen molar-refractivity contribution in [1.82, 2.24) is 0 Å². The van der Waals surface area contributed by atoms with Crippen LogP contribution in [0.25, 0.3) is 6.08 Å². The number of halogens is 2. The first-order valence-corrected chi connectivity index (χ1v) is 14.2. The zero-order valence-electron chi connectivity index (χ0n) is 23.4. The molecule has 0 N–H and O–H groups in total. The number of hydrogen-bond acceptors (Lipinski definition) is 7. The average molecular weight is 628 g/mol. The van der Waals surface area contributed by atoms with E-state index in [-0.39, 0.29) is 23.9 Å². The lowest BCUT2D eigenvalue weighted by atomic mass is 10.0. The lowest BCUT2D eigenvalue weighted by Gasteiger charge is -2.36. The summed E-state index contributed by atoms with van der Waals surface area (Å²) in [7, 11) is 0. The van der Waals surface area contributed by atoms with E-state index in [1.165, 1.54) is 15.9 Å². The third kappa shape index (κ3) is 6.59. The lowest BCUT2D eigenvalue weighted by molar-refractivity contribution is -0.145. The van der Waals surface area contributed by atoms with Gasteiger partial charge in [0.2, 0.25) is 0 Å². The van der Waals surface area contributed by atoms with Crippen LogP contribution < -0.4 is 19.3 Å². The van der Waals surface area contributed by atoms with Gasteiger partial charge in [-0.05, 0) is 99.1 Å². The van der Waals surface area contributed by atoms with Gasteiger partial charge in [-0.3, -0.25) is 19.4 Å². The summed E-state index contributed by atoms with van der Waals surface area (Å²) in [6.45, 7) is 7.43. The molecule has 3 aromatic rings. The minimum atomic E-state index is -0.625. The number of ether oxygens (including phenoxy) is 3. The van der Waals surface area contributed by atoms with Crippen molar-refractivity contribution in [3.8, 4) is 11.5 Å². The highest BCUT2D eigenvalue weighted by Crippen LogP contribution is 2.35. The SMILES string of the molecule is CCOC(=O)COc1ccc(C=C2C(=O)N(c3ccc(C)c(Cl)c3)C(=S)N(c3ccc(C)c(Cl)c3)C2=O)cc1OCC. The summed E-state index contributed by atoms with van der Waals surface area (Å²) in [6.07, 6.45) is 1.45. The number of hydrogen-bond donors (Lipinski definition) is 0. The fourth-order valence-electron chi connectivity index (χ4n) is 4.13. The summed E-state index contributed by atoms with van der Waals surface area (Å²) in [5, 5.41) is 0.838. The van der Waals surface area contributed by atoms with Gasteiger partial charge < -0.3 is 14.2 Å². The Bertz CT molecular complexity index is 1530. The normalized spacial score (nSPS) is 13.4. The van der Waals surface area contributed by atoms with E-state index in [0.717, 1.165) is 11.1 Å². The molecule has 0 radical (unpaired) electrons. The van der Waals surface area contributed by atoms with Gasteiger partial charge in [0.15, 0.2) is 23.2 Å². The molecule has 3 aromatic carbocycles. The van der Waals surface area contributed by atoms with Crippen LogP contribution in [0.2, 0.25) is 10.0 Å². The standard InChI is InChI=1S/C31H28Cl2N2O6S/c1-5-39-27-14-20(9-12-26(27)41-17-28(36)40-6-2)13-23-29(37)34(21-10-7-18(3)24(32)15-21)31(42)35(30(23)38)22-11-8-19(4)25(33)16-22/h7-16H,5-6,17H2,1-4H3. The molecular formula is C31H28Cl2N2O6S. The van der Waals surface area contributed by atoms with E-state index in [9.17, 15) is 14.4 Å². The van der Waals surface area contributed by atoms with Gasteiger partial charge in [0, 0.05) is 10.0 Å². The first kappa shape index (κ1) is 31.0. The Kier molecular flexibility index (Phi) is 9.88. The number of rotatable bonds is 9. The van der Waals surface area contributed by atoms with Gasteiger partial charge in [-0.2, -0.15) is 0 Å². The first-order chi connectivity index (χ1) is 20.0. The Balaban J connectivity index is 1.80. The first-order valence-electron chi connectivity index (χ1n) is 13.1. The topological polar surface area (TPSA) is 85.4 Å². The number of esters is 1. The number of nitrogens with zero attached hydrogens (tertiary/aromatic N) is 2. The van der Waals surface area contributed by atoms with Crippen LogP contribution in [0.4, 0.5) is 11.4 Å². The molecule has 4 rings (SSSR count). The number of carbonyl (C=O) groups excluding carboxylic acids is 3. The van der Waals surface area contributed by atoms with Gasteiger partial charge in [0.05, 0.1) is 24.6 Å². The maximum Gasteiger partial charge on any atom is 0.344 e. The van der Waals surface area contributed by atoms with E-state index in [1.807, 2.05) is 13.8 Å². The summed E-state index contributed by atoms with van der Waals surface area (Å²) >= 11 is 18.5. The van der Waals surface area contributed by atoms with E-state index < -0.39 is 17.8 Å². The molecule has 1 saturated heterocycles. The van der Waals surface area contributed by atoms with Crippen LogP contribution in [0.15, 0.2) is 60.2 Å². The molecule has 0 unspecified atom stereocenters. The number of amides is 2. The molecule has 0 aromatic heterocycles. The summed E-state index contributed by atoms with van der Waals surface area (Å²) in [4.78, 5) is 42.1. The zero-order valence-corrected chi connectivity index (χ0v) is 25.7. The van der Waals surface area contributed by atoms with Crippen LogP contribution >= 0.6 is 35.4 Å². The molecule has 11 heteroatoms. The van der Waals surface area contributed by atoms with Crippen molar-refractivity contribution in [2.45, 2.75) is 27.7 Å². The van der Waals surface area contributed by atoms with Crippen molar-refractivity contribution in [3.63, 3.8) is 0 Å². The molecule has 0 atom stereocenters. The number of benzene rings is 3. The maximum absolute atomic E-state index is 13.9. The van der Waals surface area contributed by atoms with E-state index in [1.54, 1.807) is 68.4 Å². The lowest BCUT2D eigenvalue weighted by Crippen LogP contribution is -2.57. The largest absolute Gasteiger partial charge is 0.490 e. The highest BCUT2D eigenvalue weighted by Gasteiger charge is 2.41. The molecule has 0 spiro atoms. The van der Waals surface area contributed by atoms with Crippen molar-refractivity contribution in [3.05, 3.63) is 86.9 Å². The van der Waals surface area contributed by atoms with Gasteiger partial charge in [-0.15, -0.1) is 0 Å². The highest BCUT2D eigenvalue weighted by molar-refractivity contribution is 7.81. The van der Waals surface area contributed by atoms with Crippen LogP contribution in [-0.2, 0) is 19.1 Å². The van der Waals surface area contributed by atoms with Crippen molar-refractivity contribution in [1.29, 1.82) is 0 Å². The molecule has 0 aliphatic carbocycles. The Morgan fingerprint density at radius 3 is 1.88 bits per heavy atom. The summed E-state index contributed by atoms with van der Waals surface area (Å²) in [6, 6.07) is 15.1. The minimum absolute atomic E-state index is 0.0419. The van der Waals surface area contributed by atoms with Gasteiger partial charge in [-0.1, -0.05) is 41.4 Å². The Morgan fingerprint density at radius 2 is 1.38 bits per heavy atom. The van der Waals surface area contributed by atoms with Gasteiger partial charge in [0.25, 0.3) is 11.8 Å². The quantitative estimate of drug-likeness (QED) is 0.113. The van der Waals surface area contributed by atoms with Crippen LogP contribution in [0, 0.1) is 13.8 Å². The zero-order chi connectivity index (χ0) is 30.6. The Morgan fingerprint density at radius 1 is 0.810 bits per heavy atom. The second-order valence-electron chi connectivity index (χ2n) is 9.22. The van der Waals surface area contributed by atoms with Crippen molar-refractivity contribution >= 4 is 75.8 Å². The molecule has 1 aliphatic rings. The predicted molar refractivity (Wildman–Crippen MR) is 168 cm³/mol. The second-order valence-corrected chi connectivity index (χ2v) is 10.4. The Labute approximate surface area is 259 Å². The monoisotopic (exact) mass is 626 g/mol. The molecule has 0 saturated carbocycles. The summed E-state index contributed by atoms with van der Waals surface area (Å²) < 4.78 is 16.2. The van der Waals surface area contributed by atoms with Crippen LogP contribution in [0.1, 0.15) is 30.5 Å². The second kappa shape index (κ2) is 13.4. The Hall–Kier alpha value is -3.92. The maximum atomic E-state index is 13.9. The van der Waals surface area contributed by atoms with E-state index >= 15 is 0 Å². The van der Waals surface area contributed by atoms with Crippen LogP contribution in [0.5, 0.6) is 11.5 Å². The smallest absolute Gasteiger partial charge is 0.344 e. The third-order valence-corrected chi connectivity index (χ3v) is 7.49. The molecule has 2 amide bonds. The molecule has 0 bridgehead atoms. The molecule has 1 fully saturated rings. The van der Waals surface area contributed by atoms with E-state index in [4.69, 9.17) is 49.6 Å². The minimum Gasteiger partial charge on any atom is -0.490 e. The highest BCUT2D eigenvalue weighted by atomic mass is 35.5. The van der Waals surface area contributed by atoms with Gasteiger partial charge in [0.1, 0.15) is 5.57 Å². The molecule has 218 valence electrons. The van der Waals surface area contributed by atoms with Gasteiger partial charge >= 0.3 is 5.97 Å². The summed E-state index contributed by atoms with van der Waals surface area (Å²) in [5.41, 5.74) is 2.77. The molecular weight excluding hydrogens is 599 g/mol. The van der Waals surface area contributed by atoms with Crippen molar-refractivity contribution in [2.75, 3.05) is 29.6 Å². The number of anilines is 2. The van der Waals surface area contributed by atoms with Gasteiger partial charge in [-0.25, -0.2) is 4.79 Å². The van der Waals surface area contributed by atoms with E-state index in [0.29, 0.717) is 45.1 Å². The molecule has 1 aliphatic heterocycles. The van der Waals surface area contributed by atoms with Crippen LogP contribution in [-0.4, -0.2) is 42.7 Å². The molecule has 1 heterocycles. The average Bonchev–Trinajstić information content (AvgIpc) is 2.95. The van der Waals surface area contributed by atoms with Crippen LogP contribution in [0.3, 0.4) is 0 Å². The number of carbonyl (C=O) groups is 3. The molecule has 8 nitrogen and oxygen atoms in total. The number of thiocarbonyl (C=S) groups is 1. The van der Waals surface area contributed by atoms with Crippen molar-refractivity contribution < 1.29 is 28.6 Å². The number of aryl methyl sites for hydroxylation is 2. The third-order valence-electron chi connectivity index (χ3n) is 6.31. The van der Waals surface area contributed by atoms with Crippen molar-refractivity contribution in [2.24, 2.45) is 0 Å². The fraction of sp³-hybridized carbons (Fsp3) is 0.226. The molecule has 42 heavy (non-hydrogen) atoms. The predicted octanol–water partition coefficient (Wildman–Crippen LogP) is 6.70.